The number of nitrogens with one attached hydrogen (secondary N) is 1. The summed E-state index contributed by atoms with van der Waals surface area (Å²) in [7, 11) is 4.85. The van der Waals surface area contributed by atoms with Crippen LogP contribution in [-0.2, 0) is 14.3 Å². The van der Waals surface area contributed by atoms with Crippen LogP contribution in [0.5, 0.6) is 11.5 Å². The van der Waals surface area contributed by atoms with Crippen molar-refractivity contribution in [2.45, 2.75) is 25.8 Å². The monoisotopic (exact) mass is 325 g/mol. The fraction of sp³-hybridized carbons (Fsp3) is 0.588. The first-order valence-electron chi connectivity index (χ1n) is 7.70. The van der Waals surface area contributed by atoms with E-state index in [4.69, 9.17) is 18.9 Å². The summed E-state index contributed by atoms with van der Waals surface area (Å²) < 4.78 is 20.8. The van der Waals surface area contributed by atoms with E-state index < -0.39 is 0 Å². The van der Waals surface area contributed by atoms with Crippen LogP contribution in [0.1, 0.15) is 31.4 Å². The molecule has 0 heterocycles. The SMILES string of the molecule is COCCOCCCC(=O)NC(C)c1cc(OC)ccc1OC. The third kappa shape index (κ3) is 6.88. The Morgan fingerprint density at radius 3 is 2.57 bits per heavy atom. The smallest absolute Gasteiger partial charge is 0.220 e. The molecule has 6 nitrogen and oxygen atoms in total. The second kappa shape index (κ2) is 10.9. The van der Waals surface area contributed by atoms with Gasteiger partial charge in [-0.25, -0.2) is 0 Å². The van der Waals surface area contributed by atoms with Gasteiger partial charge in [-0.05, 0) is 31.5 Å². The molecule has 0 aromatic heterocycles. The van der Waals surface area contributed by atoms with Crippen LogP contribution < -0.4 is 14.8 Å². The van der Waals surface area contributed by atoms with E-state index in [0.717, 1.165) is 17.1 Å². The maximum absolute atomic E-state index is 12.0. The molecule has 6 heteroatoms. The van der Waals surface area contributed by atoms with Crippen LogP contribution in [0.4, 0.5) is 0 Å². The van der Waals surface area contributed by atoms with Crippen molar-refractivity contribution in [1.29, 1.82) is 0 Å². The van der Waals surface area contributed by atoms with Crippen molar-refractivity contribution < 1.29 is 23.7 Å². The Morgan fingerprint density at radius 2 is 1.91 bits per heavy atom. The lowest BCUT2D eigenvalue weighted by Crippen LogP contribution is -2.27. The summed E-state index contributed by atoms with van der Waals surface area (Å²) >= 11 is 0. The molecule has 0 radical (unpaired) electrons. The van der Waals surface area contributed by atoms with Gasteiger partial charge < -0.3 is 24.3 Å². The van der Waals surface area contributed by atoms with Gasteiger partial charge >= 0.3 is 0 Å². The summed E-state index contributed by atoms with van der Waals surface area (Å²) in [5, 5.41) is 2.97. The lowest BCUT2D eigenvalue weighted by molar-refractivity contribution is -0.122. The van der Waals surface area contributed by atoms with Crippen molar-refractivity contribution >= 4 is 5.91 Å². The highest BCUT2D eigenvalue weighted by Gasteiger charge is 2.15. The van der Waals surface area contributed by atoms with E-state index in [1.165, 1.54) is 0 Å². The molecule has 1 rings (SSSR count). The third-order valence-corrected chi connectivity index (χ3v) is 3.41. The van der Waals surface area contributed by atoms with Crippen molar-refractivity contribution in [3.8, 4) is 11.5 Å². The van der Waals surface area contributed by atoms with E-state index in [2.05, 4.69) is 5.32 Å². The Balaban J connectivity index is 2.45. The van der Waals surface area contributed by atoms with Gasteiger partial charge in [-0.15, -0.1) is 0 Å². The number of ether oxygens (including phenoxy) is 4. The number of carbonyl (C=O) groups excluding carboxylic acids is 1. The van der Waals surface area contributed by atoms with Crippen LogP contribution in [0.15, 0.2) is 18.2 Å². The first kappa shape index (κ1) is 19.3. The molecule has 0 aliphatic carbocycles. The predicted octanol–water partition coefficient (Wildman–Crippen LogP) is 2.32. The summed E-state index contributed by atoms with van der Waals surface area (Å²) in [6.07, 6.45) is 1.10. The highest BCUT2D eigenvalue weighted by molar-refractivity contribution is 5.76. The molecular weight excluding hydrogens is 298 g/mol. The average molecular weight is 325 g/mol. The standard InChI is InChI=1S/C17H27NO5/c1-13(15-12-14(21-3)7-8-16(15)22-4)18-17(19)6-5-9-23-11-10-20-2/h7-8,12-13H,5-6,9-11H2,1-4H3,(H,18,19). The van der Waals surface area contributed by atoms with Gasteiger partial charge in [0.1, 0.15) is 11.5 Å². The van der Waals surface area contributed by atoms with Crippen molar-refractivity contribution in [3.05, 3.63) is 23.8 Å². The molecule has 1 N–H and O–H groups in total. The van der Waals surface area contributed by atoms with Crippen LogP contribution in [-0.4, -0.2) is 47.1 Å². The van der Waals surface area contributed by atoms with Crippen LogP contribution in [0.25, 0.3) is 0 Å². The number of hydrogen-bond acceptors (Lipinski definition) is 5. The summed E-state index contributed by atoms with van der Waals surface area (Å²) in [5.41, 5.74) is 0.886. The number of amides is 1. The van der Waals surface area contributed by atoms with Crippen molar-refractivity contribution in [3.63, 3.8) is 0 Å². The Kier molecular flexibility index (Phi) is 9.09. The first-order valence-corrected chi connectivity index (χ1v) is 7.70. The fourth-order valence-corrected chi connectivity index (χ4v) is 2.15. The summed E-state index contributed by atoms with van der Waals surface area (Å²) in [4.78, 5) is 12.0. The van der Waals surface area contributed by atoms with E-state index in [1.54, 1.807) is 21.3 Å². The Morgan fingerprint density at radius 1 is 1.13 bits per heavy atom. The molecule has 0 fully saturated rings. The molecule has 1 amide bonds. The summed E-state index contributed by atoms with van der Waals surface area (Å²) in [5.74, 6) is 1.44. The molecule has 1 atom stereocenters. The lowest BCUT2D eigenvalue weighted by atomic mass is 10.1. The maximum Gasteiger partial charge on any atom is 0.220 e. The van der Waals surface area contributed by atoms with Gasteiger partial charge in [0.2, 0.25) is 5.91 Å². The minimum absolute atomic E-state index is 0.0160. The molecule has 0 saturated carbocycles. The molecule has 0 aliphatic rings. The second-order valence-corrected chi connectivity index (χ2v) is 5.11. The van der Waals surface area contributed by atoms with Gasteiger partial charge in [0.25, 0.3) is 0 Å². The zero-order valence-electron chi connectivity index (χ0n) is 14.4. The van der Waals surface area contributed by atoms with Crippen molar-refractivity contribution in [2.24, 2.45) is 0 Å². The van der Waals surface area contributed by atoms with E-state index >= 15 is 0 Å². The fourth-order valence-electron chi connectivity index (χ4n) is 2.15. The molecule has 0 spiro atoms. The maximum atomic E-state index is 12.0. The van der Waals surface area contributed by atoms with Gasteiger partial charge in [-0.3, -0.25) is 4.79 Å². The molecular formula is C17H27NO5. The van der Waals surface area contributed by atoms with Gasteiger partial charge in [0, 0.05) is 25.7 Å². The zero-order chi connectivity index (χ0) is 17.1. The minimum atomic E-state index is -0.165. The molecule has 0 bridgehead atoms. The molecule has 1 unspecified atom stereocenters. The van der Waals surface area contributed by atoms with Crippen LogP contribution in [0.2, 0.25) is 0 Å². The highest BCUT2D eigenvalue weighted by atomic mass is 16.5. The Bertz CT molecular complexity index is 478. The summed E-state index contributed by atoms with van der Waals surface area (Å²) in [6, 6.07) is 5.37. The second-order valence-electron chi connectivity index (χ2n) is 5.11. The molecule has 0 saturated heterocycles. The number of rotatable bonds is 11. The van der Waals surface area contributed by atoms with Gasteiger partial charge in [0.15, 0.2) is 0 Å². The highest BCUT2D eigenvalue weighted by Crippen LogP contribution is 2.29. The first-order chi connectivity index (χ1) is 11.1. The topological polar surface area (TPSA) is 66.0 Å². The van der Waals surface area contributed by atoms with Gasteiger partial charge in [-0.1, -0.05) is 0 Å². The summed E-state index contributed by atoms with van der Waals surface area (Å²) in [6.45, 7) is 3.59. The number of methoxy groups -OCH3 is 3. The van der Waals surface area contributed by atoms with E-state index in [0.29, 0.717) is 32.7 Å². The third-order valence-electron chi connectivity index (χ3n) is 3.41. The lowest BCUT2D eigenvalue weighted by Gasteiger charge is -2.18. The number of benzene rings is 1. The van der Waals surface area contributed by atoms with E-state index in [9.17, 15) is 4.79 Å². The van der Waals surface area contributed by atoms with Gasteiger partial charge in [-0.2, -0.15) is 0 Å². The van der Waals surface area contributed by atoms with Crippen molar-refractivity contribution in [2.75, 3.05) is 41.2 Å². The molecule has 1 aromatic carbocycles. The normalized spacial score (nSPS) is 11.8. The number of carbonyl (C=O) groups is 1. The Hall–Kier alpha value is -1.79. The van der Waals surface area contributed by atoms with E-state index in [1.807, 2.05) is 25.1 Å². The van der Waals surface area contributed by atoms with Gasteiger partial charge in [0.05, 0.1) is 33.5 Å². The molecule has 130 valence electrons. The van der Waals surface area contributed by atoms with Crippen LogP contribution in [0, 0.1) is 0 Å². The molecule has 23 heavy (non-hydrogen) atoms. The predicted molar refractivity (Wildman–Crippen MR) is 88.0 cm³/mol. The zero-order valence-corrected chi connectivity index (χ0v) is 14.4. The van der Waals surface area contributed by atoms with Crippen LogP contribution >= 0.6 is 0 Å². The average Bonchev–Trinajstić information content (AvgIpc) is 2.57. The molecule has 1 aromatic rings. The molecule has 0 aliphatic heterocycles. The number of hydrogen-bond donors (Lipinski definition) is 1. The minimum Gasteiger partial charge on any atom is -0.497 e. The Labute approximate surface area is 138 Å². The van der Waals surface area contributed by atoms with E-state index in [-0.39, 0.29) is 11.9 Å². The van der Waals surface area contributed by atoms with Crippen LogP contribution in [0.3, 0.4) is 0 Å². The van der Waals surface area contributed by atoms with Crippen molar-refractivity contribution in [1.82, 2.24) is 5.32 Å². The largest absolute Gasteiger partial charge is 0.497 e. The quantitative estimate of drug-likeness (QED) is 0.633.